The topological polar surface area (TPSA) is 181 Å². The number of alkyl halides is 2. The molecule has 0 aromatic heterocycles. The number of carbonyl (C=O) groups excluding carboxylic acids is 1. The molecule has 2 aliphatic carbocycles. The molecule has 2 amide bonds. The number of nitrogens with zero attached hydrogens (tertiary/aromatic N) is 4. The number of urea groups is 1. The number of aromatic hydroxyl groups is 4. The maximum absolute atomic E-state index is 10.9. The summed E-state index contributed by atoms with van der Waals surface area (Å²) in [5.74, 6) is 0.414. The van der Waals surface area contributed by atoms with Crippen molar-refractivity contribution >= 4 is 54.0 Å². The highest BCUT2D eigenvalue weighted by Gasteiger charge is 2.35. The van der Waals surface area contributed by atoms with E-state index < -0.39 is 6.03 Å². The molecule has 8 rings (SSSR count). The van der Waals surface area contributed by atoms with Gasteiger partial charge in [-0.05, 0) is 96.4 Å². The fourth-order valence-corrected chi connectivity index (χ4v) is 8.11. The lowest BCUT2D eigenvalue weighted by Gasteiger charge is -2.39. The minimum absolute atomic E-state index is 0. The third-order valence-corrected chi connectivity index (χ3v) is 10.8. The van der Waals surface area contributed by atoms with Crippen molar-refractivity contribution in [2.45, 2.75) is 37.8 Å². The van der Waals surface area contributed by atoms with Crippen LogP contribution in [0.3, 0.4) is 0 Å². The molecule has 0 spiro atoms. The highest BCUT2D eigenvalue weighted by molar-refractivity contribution is 6.18. The number of rotatable bonds is 5. The van der Waals surface area contributed by atoms with E-state index in [9.17, 15) is 30.1 Å². The smallest absolute Gasteiger partial charge is 0.340 e. The van der Waals surface area contributed by atoms with Crippen LogP contribution in [0.2, 0.25) is 0 Å². The number of phenolic OH excluding ortho intramolecular Hbond substituents is 4. The molecular weight excluding hydrogens is 792 g/mol. The van der Waals surface area contributed by atoms with Crippen LogP contribution in [-0.4, -0.2) is 98.8 Å². The molecule has 55 heavy (non-hydrogen) atoms. The molecule has 12 nitrogen and oxygen atoms in total. The molecular formula is C39H47Cl4N5O7. The Balaban J connectivity index is 0.000000224. The van der Waals surface area contributed by atoms with Gasteiger partial charge in [-0.1, -0.05) is 48.5 Å². The normalized spacial score (nSPS) is 16.8. The molecule has 4 aromatic carbocycles. The van der Waals surface area contributed by atoms with E-state index in [2.05, 4.69) is 70.9 Å². The summed E-state index contributed by atoms with van der Waals surface area (Å²) in [4.78, 5) is 25.7. The van der Waals surface area contributed by atoms with Gasteiger partial charge in [-0.15, -0.1) is 52.9 Å². The van der Waals surface area contributed by atoms with Crippen LogP contribution in [0, 0.1) is 4.91 Å². The summed E-state index contributed by atoms with van der Waals surface area (Å²) >= 11 is 10.6. The Bertz CT molecular complexity index is 1860. The summed E-state index contributed by atoms with van der Waals surface area (Å²) in [6, 6.07) is 19.8. The van der Waals surface area contributed by atoms with Crippen LogP contribution in [0.25, 0.3) is 22.3 Å². The summed E-state index contributed by atoms with van der Waals surface area (Å²) in [5.41, 5.74) is 11.4. The molecule has 0 saturated carbocycles. The van der Waals surface area contributed by atoms with E-state index in [1.807, 2.05) is 12.1 Å². The van der Waals surface area contributed by atoms with Crippen molar-refractivity contribution in [1.29, 1.82) is 0 Å². The van der Waals surface area contributed by atoms with E-state index in [0.717, 1.165) is 72.2 Å². The molecule has 2 atom stereocenters. The van der Waals surface area contributed by atoms with Gasteiger partial charge in [0.1, 0.15) is 0 Å². The van der Waals surface area contributed by atoms with E-state index in [4.69, 9.17) is 23.2 Å². The van der Waals surface area contributed by atoms with Gasteiger partial charge in [0.15, 0.2) is 23.0 Å². The van der Waals surface area contributed by atoms with E-state index in [0.29, 0.717) is 29.5 Å². The molecule has 0 fully saturated rings. The highest BCUT2D eigenvalue weighted by atomic mass is 35.5. The Hall–Kier alpha value is -4.01. The second-order valence-electron chi connectivity index (χ2n) is 13.4. The number of benzene rings is 4. The predicted molar refractivity (Wildman–Crippen MR) is 221 cm³/mol. The first-order chi connectivity index (χ1) is 25.1. The van der Waals surface area contributed by atoms with Gasteiger partial charge in [0.05, 0.1) is 11.8 Å². The number of phenols is 4. The minimum Gasteiger partial charge on any atom is -0.504 e. The highest BCUT2D eigenvalue weighted by Crippen LogP contribution is 2.51. The van der Waals surface area contributed by atoms with Crippen molar-refractivity contribution < 1.29 is 30.7 Å². The third-order valence-electron chi connectivity index (χ3n) is 10.4. The molecule has 0 radical (unpaired) electrons. The third kappa shape index (κ3) is 9.02. The predicted octanol–water partition coefficient (Wildman–Crippen LogP) is 6.88. The van der Waals surface area contributed by atoms with Gasteiger partial charge in [-0.25, -0.2) is 4.79 Å². The molecule has 16 heteroatoms. The Morgan fingerprint density at radius 2 is 1.20 bits per heavy atom. The molecule has 2 aliphatic heterocycles. The standard InChI is InChI=1S/2C17H17NO2.C5H9Cl2N3O2.2ClH.H2O/c2*1-18-8-7-10-3-2-4-12-15(10)13(18)9-11-5-6-14(19)17(20)16(11)12;6-1-3-8-5(11)10(9-12)4-2-7;;;/h2*2-6,13,19-20H,7-9H2,1H3;1-4H2,(H,8,11);2*1H;1H2/t2*13-;;;;/m11..../s1. The number of amides is 2. The van der Waals surface area contributed by atoms with Gasteiger partial charge in [0.25, 0.3) is 0 Å². The van der Waals surface area contributed by atoms with Crippen molar-refractivity contribution in [1.82, 2.24) is 20.1 Å². The molecule has 0 bridgehead atoms. The van der Waals surface area contributed by atoms with Gasteiger partial charge in [0.2, 0.25) is 0 Å². The van der Waals surface area contributed by atoms with Crippen LogP contribution >= 0.6 is 48.0 Å². The van der Waals surface area contributed by atoms with Gasteiger partial charge in [0, 0.05) is 54.6 Å². The second kappa shape index (κ2) is 19.7. The van der Waals surface area contributed by atoms with E-state index >= 15 is 0 Å². The monoisotopic (exact) mass is 837 g/mol. The van der Waals surface area contributed by atoms with E-state index in [-0.39, 0.29) is 65.7 Å². The van der Waals surface area contributed by atoms with Crippen LogP contribution < -0.4 is 5.32 Å². The van der Waals surface area contributed by atoms with Gasteiger partial charge in [-0.2, -0.15) is 5.01 Å². The lowest BCUT2D eigenvalue weighted by Crippen LogP contribution is -2.38. The van der Waals surface area contributed by atoms with Crippen molar-refractivity contribution in [3.63, 3.8) is 0 Å². The Morgan fingerprint density at radius 3 is 1.60 bits per heavy atom. The zero-order valence-corrected chi connectivity index (χ0v) is 33.6. The summed E-state index contributed by atoms with van der Waals surface area (Å²) in [7, 11) is 4.32. The maximum atomic E-state index is 10.9. The van der Waals surface area contributed by atoms with E-state index in [1.54, 1.807) is 12.1 Å². The van der Waals surface area contributed by atoms with Crippen LogP contribution in [0.1, 0.15) is 45.5 Å². The number of nitroso groups, excluding NO2 is 1. The van der Waals surface area contributed by atoms with Crippen LogP contribution in [0.15, 0.2) is 65.9 Å². The first-order valence-electron chi connectivity index (χ1n) is 17.3. The number of likely N-dealkylation sites (N-methyl/N-ethyl adjacent to an activating group) is 2. The SMILES string of the molecule is CN1CCc2cccc3c2[C@H]1Cc1ccc(O)c(O)c1-3.CN1CCc2cccc3c2[C@H]1Cc1ccc(O)c(O)c1-3.Cl.Cl.O.O=NN(CCCl)C(=O)NCCCl. The maximum Gasteiger partial charge on any atom is 0.340 e. The molecule has 4 aromatic rings. The van der Waals surface area contributed by atoms with Crippen molar-refractivity contribution in [2.24, 2.45) is 5.29 Å². The Morgan fingerprint density at radius 1 is 0.745 bits per heavy atom. The largest absolute Gasteiger partial charge is 0.504 e. The minimum atomic E-state index is -0.578. The second-order valence-corrected chi connectivity index (χ2v) is 14.2. The average molecular weight is 840 g/mol. The lowest BCUT2D eigenvalue weighted by molar-refractivity contribution is 0.203. The van der Waals surface area contributed by atoms with E-state index in [1.165, 1.54) is 22.3 Å². The van der Waals surface area contributed by atoms with Gasteiger partial charge < -0.3 is 31.2 Å². The fraction of sp³-hybridized carbons (Fsp3) is 0.359. The Labute approximate surface area is 342 Å². The fourth-order valence-electron chi connectivity index (χ4n) is 7.85. The number of fused-ring (bicyclic) bond motifs is 4. The summed E-state index contributed by atoms with van der Waals surface area (Å²) in [6.45, 7) is 2.54. The van der Waals surface area contributed by atoms with Gasteiger partial charge in [-0.3, -0.25) is 9.80 Å². The lowest BCUT2D eigenvalue weighted by atomic mass is 9.77. The molecule has 4 aliphatic rings. The van der Waals surface area contributed by atoms with Crippen molar-refractivity contribution in [2.75, 3.05) is 52.0 Å². The summed E-state index contributed by atoms with van der Waals surface area (Å²) in [5, 5.41) is 45.7. The quantitative estimate of drug-likeness (QED) is 0.0625. The first kappa shape index (κ1) is 45.4. The van der Waals surface area contributed by atoms with Crippen molar-refractivity contribution in [3.05, 3.63) is 99.0 Å². The molecule has 0 saturated heterocycles. The van der Waals surface area contributed by atoms with Crippen LogP contribution in [-0.2, 0) is 25.7 Å². The molecule has 298 valence electrons. The Kier molecular flexibility index (Phi) is 16.3. The molecule has 2 heterocycles. The summed E-state index contributed by atoms with van der Waals surface area (Å²) < 4.78 is 0. The number of halogens is 4. The zero-order chi connectivity index (χ0) is 37.1. The van der Waals surface area contributed by atoms with Crippen LogP contribution in [0.4, 0.5) is 4.79 Å². The van der Waals surface area contributed by atoms with Crippen LogP contribution in [0.5, 0.6) is 23.0 Å². The first-order valence-corrected chi connectivity index (χ1v) is 18.4. The zero-order valence-electron chi connectivity index (χ0n) is 30.5. The van der Waals surface area contributed by atoms with Gasteiger partial charge >= 0.3 is 6.03 Å². The average Bonchev–Trinajstić information content (AvgIpc) is 3.16. The number of carbonyl (C=O) groups is 1. The van der Waals surface area contributed by atoms with Crippen molar-refractivity contribution in [3.8, 4) is 45.3 Å². The number of hydrogen-bond acceptors (Lipinski definition) is 9. The molecule has 7 N–H and O–H groups in total. The number of nitrogens with one attached hydrogen (secondary N) is 1. The number of hydrogen-bond donors (Lipinski definition) is 5. The molecule has 0 unspecified atom stereocenters. The summed E-state index contributed by atoms with van der Waals surface area (Å²) in [6.07, 6.45) is 3.88.